The molecule has 0 bridgehead atoms. The number of nitrogens with zero attached hydrogens (tertiary/aromatic N) is 2. The zero-order valence-electron chi connectivity index (χ0n) is 39.6. The number of esters is 2. The van der Waals surface area contributed by atoms with Gasteiger partial charge in [-0.15, -0.1) is 22.7 Å². The number of amides is 2. The second kappa shape index (κ2) is 26.8. The summed E-state index contributed by atoms with van der Waals surface area (Å²) in [7, 11) is 0. The third-order valence-electron chi connectivity index (χ3n) is 11.3. The lowest BCUT2D eigenvalue weighted by Crippen LogP contribution is -2.33. The van der Waals surface area contributed by atoms with Crippen molar-refractivity contribution in [1.29, 1.82) is 0 Å². The monoisotopic (exact) mass is 946 g/mol. The number of rotatable bonds is 24. The average molecular weight is 947 g/mol. The van der Waals surface area contributed by atoms with Crippen LogP contribution in [-0.2, 0) is 41.4 Å². The molecule has 4 heterocycles. The molecule has 2 aromatic carbocycles. The highest BCUT2D eigenvalue weighted by atomic mass is 32.1. The van der Waals surface area contributed by atoms with Gasteiger partial charge in [0.1, 0.15) is 35.4 Å². The average Bonchev–Trinajstić information content (AvgIpc) is 4.12. The number of carbonyl (C=O) groups is 4. The number of aliphatic hydroxyl groups is 2. The molecule has 2 aliphatic heterocycles. The van der Waals surface area contributed by atoms with Crippen molar-refractivity contribution in [2.45, 2.75) is 168 Å². The van der Waals surface area contributed by atoms with Crippen molar-refractivity contribution < 1.29 is 48.3 Å². The lowest BCUT2D eigenvalue weighted by atomic mass is 10.0. The van der Waals surface area contributed by atoms with Crippen molar-refractivity contribution in [3.05, 3.63) is 103 Å². The normalized spacial score (nSPS) is 17.1. The molecule has 2 fully saturated rings. The van der Waals surface area contributed by atoms with Gasteiger partial charge >= 0.3 is 11.9 Å². The first-order valence-electron chi connectivity index (χ1n) is 23.8. The third-order valence-corrected chi connectivity index (χ3v) is 13.6. The molecular formula is C52H70N2O10S2. The largest absolute Gasteiger partial charge is 0.459 e. The smallest absolute Gasteiger partial charge is 0.348 e. The van der Waals surface area contributed by atoms with Crippen LogP contribution in [0.25, 0.3) is 0 Å². The molecule has 2 aliphatic rings. The van der Waals surface area contributed by atoms with Crippen LogP contribution < -0.4 is 9.80 Å². The summed E-state index contributed by atoms with van der Waals surface area (Å²) < 4.78 is 22.0. The summed E-state index contributed by atoms with van der Waals surface area (Å²) in [6, 6.07) is 22.7. The predicted octanol–water partition coefficient (Wildman–Crippen LogP) is 11.3. The van der Waals surface area contributed by atoms with E-state index in [0.717, 1.165) is 109 Å². The van der Waals surface area contributed by atoms with E-state index < -0.39 is 12.2 Å². The molecule has 0 spiro atoms. The van der Waals surface area contributed by atoms with Crippen molar-refractivity contribution in [1.82, 2.24) is 0 Å². The second-order valence-corrected chi connectivity index (χ2v) is 19.8. The van der Waals surface area contributed by atoms with Crippen LogP contribution in [0.1, 0.15) is 171 Å². The maximum absolute atomic E-state index is 12.5. The summed E-state index contributed by atoms with van der Waals surface area (Å²) in [5, 5.41) is 20.8. The fourth-order valence-electron chi connectivity index (χ4n) is 7.90. The van der Waals surface area contributed by atoms with Crippen molar-refractivity contribution >= 4 is 57.8 Å². The molecule has 2 aromatic heterocycles. The molecule has 6 rings (SSSR count). The molecule has 2 saturated heterocycles. The van der Waals surface area contributed by atoms with E-state index in [4.69, 9.17) is 18.9 Å². The van der Waals surface area contributed by atoms with Crippen LogP contribution in [0.3, 0.4) is 0 Å². The van der Waals surface area contributed by atoms with E-state index in [1.54, 1.807) is 9.80 Å². The third kappa shape index (κ3) is 15.8. The summed E-state index contributed by atoms with van der Waals surface area (Å²) in [4.78, 5) is 55.9. The van der Waals surface area contributed by atoms with E-state index in [1.807, 2.05) is 100 Å². The maximum atomic E-state index is 12.5. The quantitative estimate of drug-likeness (QED) is 0.0513. The summed E-state index contributed by atoms with van der Waals surface area (Å²) in [5.74, 6) is -0.663. The Bertz CT molecular complexity index is 1970. The van der Waals surface area contributed by atoms with Gasteiger partial charge in [-0.1, -0.05) is 76.6 Å². The molecule has 0 unspecified atom stereocenters. The predicted molar refractivity (Wildman–Crippen MR) is 261 cm³/mol. The Morgan fingerprint density at radius 2 is 0.970 bits per heavy atom. The van der Waals surface area contributed by atoms with E-state index in [0.29, 0.717) is 22.6 Å². The van der Waals surface area contributed by atoms with E-state index >= 15 is 0 Å². The first-order chi connectivity index (χ1) is 31.8. The Balaban J connectivity index is 0.000000247. The highest BCUT2D eigenvalue weighted by molar-refractivity contribution is 7.14. The molecule has 4 atom stereocenters. The van der Waals surface area contributed by atoms with Gasteiger partial charge in [0.15, 0.2) is 0 Å². The minimum absolute atomic E-state index is 0.0499. The molecule has 12 nitrogen and oxygen atoms in total. The Hall–Kier alpha value is -4.44. The summed E-state index contributed by atoms with van der Waals surface area (Å²) >= 11 is 2.91. The van der Waals surface area contributed by atoms with E-state index in [9.17, 15) is 29.4 Å². The Morgan fingerprint density at radius 3 is 1.32 bits per heavy atom. The Kier molecular flexibility index (Phi) is 21.3. The molecule has 4 aromatic rings. The molecule has 0 radical (unpaired) electrons. The molecule has 66 heavy (non-hydrogen) atoms. The SMILES string of the molecule is CCCCC[C@@H](O)c1ccc(N2C(=O)CO[C@@H]2CCCc2ccc(C(=O)OC(C)C)s2)cc1.CCCCC[C@H](O)c1ccc(N2C(=O)CO[C@@H]2CCCc2ccc(C(=O)OC(C)C)s2)cc1. The summed E-state index contributed by atoms with van der Waals surface area (Å²) in [6.07, 6.45) is 10.9. The minimum atomic E-state index is -0.472. The fourth-order valence-corrected chi connectivity index (χ4v) is 9.77. The van der Waals surface area contributed by atoms with Gasteiger partial charge in [0.05, 0.1) is 24.4 Å². The number of unbranched alkanes of at least 4 members (excludes halogenated alkanes) is 4. The standard InChI is InChI=1S/2C26H35NO5S/c2*1-4-5-6-9-22(28)19-11-13-20(14-12-19)27-24(29)17-31-25(27)10-7-8-21-15-16-23(33-21)26(30)32-18(2)3/h2*11-16,18,22,25,28H,4-10,17H2,1-3H3/t22-,25+;22-,25-/m01/s1. The van der Waals surface area contributed by atoms with Crippen LogP contribution in [0.2, 0.25) is 0 Å². The van der Waals surface area contributed by atoms with Crippen molar-refractivity contribution in [2.75, 3.05) is 23.0 Å². The first kappa shape index (κ1) is 52.5. The lowest BCUT2D eigenvalue weighted by Gasteiger charge is -2.24. The lowest BCUT2D eigenvalue weighted by molar-refractivity contribution is -0.118. The Labute approximate surface area is 399 Å². The van der Waals surface area contributed by atoms with Crippen molar-refractivity contribution in [3.63, 3.8) is 0 Å². The number of anilines is 2. The van der Waals surface area contributed by atoms with Gasteiger partial charge in [0.25, 0.3) is 11.8 Å². The minimum Gasteiger partial charge on any atom is -0.459 e. The number of benzene rings is 2. The van der Waals surface area contributed by atoms with E-state index in [1.165, 1.54) is 22.7 Å². The summed E-state index contributed by atoms with van der Waals surface area (Å²) in [6.45, 7) is 11.8. The molecule has 14 heteroatoms. The number of ether oxygens (including phenoxy) is 4. The first-order valence-corrected chi connectivity index (χ1v) is 25.4. The molecule has 2 N–H and O–H groups in total. The number of carbonyl (C=O) groups excluding carboxylic acids is 4. The van der Waals surface area contributed by atoms with Gasteiger partial charge in [-0.25, -0.2) is 9.59 Å². The molecular weight excluding hydrogens is 877 g/mol. The summed E-state index contributed by atoms with van der Waals surface area (Å²) in [5.41, 5.74) is 3.34. The number of hydrogen-bond acceptors (Lipinski definition) is 12. The van der Waals surface area contributed by atoms with Gasteiger partial charge in [-0.3, -0.25) is 19.4 Å². The number of aliphatic hydroxyl groups excluding tert-OH is 2. The van der Waals surface area contributed by atoms with E-state index in [-0.39, 0.29) is 61.6 Å². The van der Waals surface area contributed by atoms with E-state index in [2.05, 4.69) is 13.8 Å². The van der Waals surface area contributed by atoms with Crippen LogP contribution in [0.15, 0.2) is 72.8 Å². The zero-order chi connectivity index (χ0) is 47.6. The van der Waals surface area contributed by atoms with Crippen molar-refractivity contribution in [2.24, 2.45) is 0 Å². The van der Waals surface area contributed by atoms with Crippen LogP contribution in [0, 0.1) is 0 Å². The van der Waals surface area contributed by atoms with Crippen LogP contribution in [-0.4, -0.2) is 71.8 Å². The van der Waals surface area contributed by atoms with Crippen molar-refractivity contribution in [3.8, 4) is 0 Å². The van der Waals surface area contributed by atoms with Gasteiger partial charge in [-0.2, -0.15) is 0 Å². The maximum Gasteiger partial charge on any atom is 0.348 e. The van der Waals surface area contributed by atoms with Gasteiger partial charge in [0, 0.05) is 21.1 Å². The Morgan fingerprint density at radius 1 is 0.591 bits per heavy atom. The molecule has 0 saturated carbocycles. The van der Waals surface area contributed by atoms with Crippen LogP contribution in [0.4, 0.5) is 11.4 Å². The number of thiophene rings is 2. The second-order valence-electron chi connectivity index (χ2n) is 17.5. The van der Waals surface area contributed by atoms with Crippen LogP contribution in [0.5, 0.6) is 0 Å². The topological polar surface area (TPSA) is 152 Å². The zero-order valence-corrected chi connectivity index (χ0v) is 41.2. The number of aryl methyl sites for hydroxylation is 2. The number of hydrogen-bond donors (Lipinski definition) is 2. The fraction of sp³-hybridized carbons (Fsp3) is 0.538. The van der Waals surface area contributed by atoms with Gasteiger partial charge in [0.2, 0.25) is 0 Å². The molecule has 2 amide bonds. The van der Waals surface area contributed by atoms with Gasteiger partial charge < -0.3 is 29.2 Å². The molecule has 0 aliphatic carbocycles. The highest BCUT2D eigenvalue weighted by Gasteiger charge is 2.34. The van der Waals surface area contributed by atoms with Crippen LogP contribution >= 0.6 is 22.7 Å². The molecule has 360 valence electrons. The highest BCUT2D eigenvalue weighted by Crippen LogP contribution is 2.31. The van der Waals surface area contributed by atoms with Gasteiger partial charge in [-0.05, 0) is 139 Å².